The maximum atomic E-state index is 11.7. The van der Waals surface area contributed by atoms with Gasteiger partial charge in [-0.05, 0) is 17.5 Å². The summed E-state index contributed by atoms with van der Waals surface area (Å²) in [6.45, 7) is 0. The van der Waals surface area contributed by atoms with Crippen molar-refractivity contribution in [3.05, 3.63) is 45.5 Å². The van der Waals surface area contributed by atoms with E-state index >= 15 is 0 Å². The second kappa shape index (κ2) is 3.36. The van der Waals surface area contributed by atoms with Crippen molar-refractivity contribution in [1.82, 2.24) is 0 Å². The van der Waals surface area contributed by atoms with Gasteiger partial charge in [-0.25, -0.2) is 0 Å². The Morgan fingerprint density at radius 3 is 2.85 bits per heavy atom. The number of rotatable bonds is 2. The van der Waals surface area contributed by atoms with E-state index in [0.717, 1.165) is 0 Å². The normalized spacial score (nSPS) is 10.2. The van der Waals surface area contributed by atoms with E-state index in [-0.39, 0.29) is 5.78 Å². The molecule has 2 nitrogen and oxygen atoms in total. The first kappa shape index (κ1) is 8.53. The summed E-state index contributed by atoms with van der Waals surface area (Å²) < 4.78 is 5.33. The minimum absolute atomic E-state index is 0.0972. The average molecular weight is 213 g/mol. The molecule has 66 valence electrons. The van der Waals surface area contributed by atoms with Crippen LogP contribution in [0.4, 0.5) is 0 Å². The fourth-order valence-corrected chi connectivity index (χ4v) is 1.92. The first-order valence-electron chi connectivity index (χ1n) is 3.59. The van der Waals surface area contributed by atoms with Crippen molar-refractivity contribution >= 4 is 28.7 Å². The van der Waals surface area contributed by atoms with Gasteiger partial charge in [0.05, 0.1) is 17.4 Å². The predicted octanol–water partition coefficient (Wildman–Crippen LogP) is 3.23. The number of carbonyl (C=O) groups excluding carboxylic acids is 1. The zero-order valence-corrected chi connectivity index (χ0v) is 8.06. The molecule has 0 aliphatic heterocycles. The van der Waals surface area contributed by atoms with Gasteiger partial charge in [-0.15, -0.1) is 11.3 Å². The lowest BCUT2D eigenvalue weighted by Gasteiger charge is -1.92. The Hall–Kier alpha value is -1.06. The Bertz CT molecular complexity index is 417. The fraction of sp³-hybridized carbons (Fsp3) is 0. The smallest absolute Gasteiger partial charge is 0.198 e. The second-order valence-electron chi connectivity index (χ2n) is 2.45. The highest BCUT2D eigenvalue weighted by Crippen LogP contribution is 2.25. The van der Waals surface area contributed by atoms with Crippen LogP contribution in [0.1, 0.15) is 15.9 Å². The van der Waals surface area contributed by atoms with Crippen molar-refractivity contribution < 1.29 is 9.21 Å². The summed E-state index contributed by atoms with van der Waals surface area (Å²) in [5.74, 6) is -0.0972. The third kappa shape index (κ3) is 1.53. The van der Waals surface area contributed by atoms with E-state index in [4.69, 9.17) is 16.0 Å². The van der Waals surface area contributed by atoms with Crippen molar-refractivity contribution in [2.45, 2.75) is 0 Å². The molecule has 2 aromatic rings. The molecule has 0 saturated heterocycles. The Kier molecular flexibility index (Phi) is 2.20. The van der Waals surface area contributed by atoms with Crippen LogP contribution < -0.4 is 0 Å². The molecule has 0 radical (unpaired) electrons. The summed E-state index contributed by atoms with van der Waals surface area (Å²) in [4.78, 5) is 11.7. The van der Waals surface area contributed by atoms with E-state index in [0.29, 0.717) is 15.5 Å². The molecular formula is C9H5ClO2S. The molecule has 0 amide bonds. The topological polar surface area (TPSA) is 30.2 Å². The van der Waals surface area contributed by atoms with Crippen LogP contribution >= 0.6 is 22.9 Å². The van der Waals surface area contributed by atoms with Gasteiger partial charge in [0.15, 0.2) is 5.78 Å². The molecule has 2 aromatic heterocycles. The maximum absolute atomic E-state index is 11.7. The standard InChI is InChI=1S/C9H5ClO2S/c10-9-7(2-4-13-9)8(11)6-1-3-12-5-6/h1-5H. The minimum Gasteiger partial charge on any atom is -0.472 e. The number of halogens is 1. The highest BCUT2D eigenvalue weighted by molar-refractivity contribution is 7.14. The zero-order chi connectivity index (χ0) is 9.26. The lowest BCUT2D eigenvalue weighted by Crippen LogP contribution is -1.97. The van der Waals surface area contributed by atoms with Gasteiger partial charge in [0.1, 0.15) is 10.6 Å². The number of hydrogen-bond acceptors (Lipinski definition) is 3. The van der Waals surface area contributed by atoms with E-state index in [1.54, 1.807) is 17.5 Å². The van der Waals surface area contributed by atoms with E-state index in [9.17, 15) is 4.79 Å². The lowest BCUT2D eigenvalue weighted by molar-refractivity contribution is 0.103. The summed E-state index contributed by atoms with van der Waals surface area (Å²) in [7, 11) is 0. The number of ketones is 1. The largest absolute Gasteiger partial charge is 0.472 e. The predicted molar refractivity (Wildman–Crippen MR) is 51.5 cm³/mol. The number of thiophene rings is 1. The summed E-state index contributed by atoms with van der Waals surface area (Å²) in [5.41, 5.74) is 1.06. The zero-order valence-electron chi connectivity index (χ0n) is 6.49. The molecule has 2 heterocycles. The fourth-order valence-electron chi connectivity index (χ4n) is 1.00. The summed E-state index contributed by atoms with van der Waals surface area (Å²) in [5, 5.41) is 1.79. The van der Waals surface area contributed by atoms with Crippen molar-refractivity contribution in [3.63, 3.8) is 0 Å². The van der Waals surface area contributed by atoms with Crippen LogP contribution in [0.3, 0.4) is 0 Å². The monoisotopic (exact) mass is 212 g/mol. The van der Waals surface area contributed by atoms with Gasteiger partial charge < -0.3 is 4.42 Å². The second-order valence-corrected chi connectivity index (χ2v) is 3.97. The van der Waals surface area contributed by atoms with Crippen LogP contribution in [-0.2, 0) is 0 Å². The lowest BCUT2D eigenvalue weighted by atomic mass is 10.1. The third-order valence-corrected chi connectivity index (χ3v) is 2.82. The van der Waals surface area contributed by atoms with E-state index in [2.05, 4.69) is 0 Å². The van der Waals surface area contributed by atoms with Gasteiger partial charge in [0.25, 0.3) is 0 Å². The third-order valence-electron chi connectivity index (χ3n) is 1.65. The van der Waals surface area contributed by atoms with E-state index in [1.807, 2.05) is 0 Å². The summed E-state index contributed by atoms with van der Waals surface area (Å²) in [6.07, 6.45) is 2.88. The van der Waals surface area contributed by atoms with Crippen molar-refractivity contribution in [1.29, 1.82) is 0 Å². The van der Waals surface area contributed by atoms with Gasteiger partial charge in [-0.2, -0.15) is 0 Å². The van der Waals surface area contributed by atoms with Gasteiger partial charge in [0, 0.05) is 0 Å². The molecular weight excluding hydrogens is 208 g/mol. The van der Waals surface area contributed by atoms with Crippen molar-refractivity contribution in [2.75, 3.05) is 0 Å². The Balaban J connectivity index is 2.39. The molecule has 2 rings (SSSR count). The molecule has 0 atom stereocenters. The van der Waals surface area contributed by atoms with Gasteiger partial charge in [-0.3, -0.25) is 4.79 Å². The number of carbonyl (C=O) groups is 1. The highest BCUT2D eigenvalue weighted by Gasteiger charge is 2.14. The molecule has 0 saturated carbocycles. The molecule has 0 spiro atoms. The SMILES string of the molecule is O=C(c1ccoc1)c1ccsc1Cl. The molecule has 0 aliphatic rings. The van der Waals surface area contributed by atoms with Crippen LogP contribution in [0, 0.1) is 0 Å². The van der Waals surface area contributed by atoms with E-state index in [1.165, 1.54) is 23.9 Å². The Labute approximate surface area is 83.8 Å². The molecule has 0 bridgehead atoms. The first-order chi connectivity index (χ1) is 6.29. The van der Waals surface area contributed by atoms with Crippen LogP contribution in [0.15, 0.2) is 34.5 Å². The molecule has 0 N–H and O–H groups in total. The first-order valence-corrected chi connectivity index (χ1v) is 4.84. The number of hydrogen-bond donors (Lipinski definition) is 0. The van der Waals surface area contributed by atoms with Gasteiger partial charge in [-0.1, -0.05) is 11.6 Å². The van der Waals surface area contributed by atoms with Crippen molar-refractivity contribution in [2.24, 2.45) is 0 Å². The number of furan rings is 1. The Morgan fingerprint density at radius 2 is 2.31 bits per heavy atom. The maximum Gasteiger partial charge on any atom is 0.198 e. The van der Waals surface area contributed by atoms with E-state index < -0.39 is 0 Å². The summed E-state index contributed by atoms with van der Waals surface area (Å²) >= 11 is 7.16. The molecule has 0 unspecified atom stereocenters. The van der Waals surface area contributed by atoms with Crippen LogP contribution in [0.5, 0.6) is 0 Å². The Morgan fingerprint density at radius 1 is 1.46 bits per heavy atom. The van der Waals surface area contributed by atoms with Crippen molar-refractivity contribution in [3.8, 4) is 0 Å². The molecule has 0 aliphatic carbocycles. The summed E-state index contributed by atoms with van der Waals surface area (Å²) in [6, 6.07) is 3.33. The van der Waals surface area contributed by atoms with Crippen LogP contribution in [0.2, 0.25) is 4.34 Å². The quantitative estimate of drug-likeness (QED) is 0.716. The molecule has 4 heteroatoms. The highest BCUT2D eigenvalue weighted by atomic mass is 35.5. The van der Waals surface area contributed by atoms with Gasteiger partial charge >= 0.3 is 0 Å². The average Bonchev–Trinajstić information content (AvgIpc) is 2.72. The minimum atomic E-state index is -0.0972. The molecule has 0 fully saturated rings. The van der Waals surface area contributed by atoms with Crippen LogP contribution in [-0.4, -0.2) is 5.78 Å². The molecule has 0 aromatic carbocycles. The van der Waals surface area contributed by atoms with Gasteiger partial charge in [0.2, 0.25) is 0 Å². The van der Waals surface area contributed by atoms with Crippen LogP contribution in [0.25, 0.3) is 0 Å². The molecule has 13 heavy (non-hydrogen) atoms.